The summed E-state index contributed by atoms with van der Waals surface area (Å²) in [5, 5.41) is 4.47. The lowest BCUT2D eigenvalue weighted by Gasteiger charge is -2.26. The molecule has 6 rings (SSSR count). The molecule has 2 aromatic heterocycles. The Labute approximate surface area is 193 Å². The van der Waals surface area contributed by atoms with Gasteiger partial charge in [0.1, 0.15) is 11.9 Å². The van der Waals surface area contributed by atoms with Crippen molar-refractivity contribution >= 4 is 28.4 Å². The zero-order valence-electron chi connectivity index (χ0n) is 17.8. The highest BCUT2D eigenvalue weighted by Crippen LogP contribution is 2.37. The average Bonchev–Trinajstić information content (AvgIpc) is 3.39. The molecular weight excluding hydrogens is 430 g/mol. The molecule has 0 fully saturated rings. The largest absolute Gasteiger partial charge is 0.480 e. The number of fused-ring (bicyclic) bond motifs is 2. The van der Waals surface area contributed by atoms with Gasteiger partial charge < -0.3 is 4.74 Å². The van der Waals surface area contributed by atoms with Crippen molar-refractivity contribution in [3.05, 3.63) is 116 Å². The highest BCUT2D eigenvalue weighted by atomic mass is 32.1. The number of nitrogens with zero attached hydrogens (tertiary/aromatic N) is 3. The SMILES string of the molecule is Cc1ccc(-c2nc3sc(=CC4=Cc5ccccc5OC4c4ccccc4)c(=O)n3n2)cc1. The molecule has 1 atom stereocenters. The number of thiazole rings is 1. The summed E-state index contributed by atoms with van der Waals surface area (Å²) in [6.07, 6.45) is 3.69. The predicted octanol–water partition coefficient (Wildman–Crippen LogP) is 4.84. The average molecular weight is 450 g/mol. The summed E-state index contributed by atoms with van der Waals surface area (Å²) in [6.45, 7) is 2.03. The summed E-state index contributed by atoms with van der Waals surface area (Å²) in [4.78, 5) is 18.3. The van der Waals surface area contributed by atoms with E-state index in [1.165, 1.54) is 21.4 Å². The fraction of sp³-hybridized carbons (Fsp3) is 0.0741. The number of hydrogen-bond donors (Lipinski definition) is 0. The second kappa shape index (κ2) is 7.83. The number of aromatic nitrogens is 3. The number of ether oxygens (including phenoxy) is 1. The van der Waals surface area contributed by atoms with Gasteiger partial charge in [-0.2, -0.15) is 9.50 Å². The van der Waals surface area contributed by atoms with Crippen LogP contribution in [0.15, 0.2) is 89.2 Å². The standard InChI is InChI=1S/C27H19N3O2S/c1-17-11-13-19(14-12-17)25-28-27-30(29-25)26(31)23(33-27)16-21-15-20-9-5-6-10-22(20)32-24(21)18-7-3-2-4-8-18/h2-16,24H,1H3. The van der Waals surface area contributed by atoms with Crippen LogP contribution in [-0.4, -0.2) is 14.6 Å². The van der Waals surface area contributed by atoms with Crippen LogP contribution < -0.4 is 14.8 Å². The normalized spacial score (nSPS) is 15.8. The van der Waals surface area contributed by atoms with E-state index < -0.39 is 0 Å². The van der Waals surface area contributed by atoms with Gasteiger partial charge in [0.15, 0.2) is 5.82 Å². The first-order chi connectivity index (χ1) is 16.2. The Hall–Kier alpha value is -4.03. The maximum absolute atomic E-state index is 13.2. The quantitative estimate of drug-likeness (QED) is 0.395. The maximum Gasteiger partial charge on any atom is 0.291 e. The van der Waals surface area contributed by atoms with Crippen molar-refractivity contribution in [1.82, 2.24) is 14.6 Å². The molecule has 3 aromatic carbocycles. The zero-order chi connectivity index (χ0) is 22.4. The number of benzene rings is 3. The molecule has 33 heavy (non-hydrogen) atoms. The Bertz CT molecular complexity index is 1620. The van der Waals surface area contributed by atoms with Gasteiger partial charge in [-0.3, -0.25) is 4.79 Å². The van der Waals surface area contributed by atoms with Crippen molar-refractivity contribution in [3.63, 3.8) is 0 Å². The smallest absolute Gasteiger partial charge is 0.291 e. The monoisotopic (exact) mass is 449 g/mol. The van der Waals surface area contributed by atoms with Crippen molar-refractivity contribution in [1.29, 1.82) is 0 Å². The molecule has 1 aliphatic heterocycles. The van der Waals surface area contributed by atoms with Gasteiger partial charge in [0.05, 0.1) is 4.53 Å². The third-order valence-electron chi connectivity index (χ3n) is 5.68. The van der Waals surface area contributed by atoms with Crippen LogP contribution in [0.2, 0.25) is 0 Å². The van der Waals surface area contributed by atoms with E-state index in [9.17, 15) is 4.79 Å². The van der Waals surface area contributed by atoms with Gasteiger partial charge in [-0.15, -0.1) is 5.10 Å². The van der Waals surface area contributed by atoms with Crippen LogP contribution in [0.5, 0.6) is 5.75 Å². The van der Waals surface area contributed by atoms with Crippen LogP contribution in [0.3, 0.4) is 0 Å². The summed E-state index contributed by atoms with van der Waals surface area (Å²) in [5.41, 5.74) is 4.82. The summed E-state index contributed by atoms with van der Waals surface area (Å²) in [7, 11) is 0. The molecule has 0 spiro atoms. The summed E-state index contributed by atoms with van der Waals surface area (Å²) < 4.78 is 8.32. The van der Waals surface area contributed by atoms with Gasteiger partial charge in [0.2, 0.25) is 4.96 Å². The summed E-state index contributed by atoms with van der Waals surface area (Å²) >= 11 is 1.34. The van der Waals surface area contributed by atoms with Gasteiger partial charge >= 0.3 is 0 Å². The van der Waals surface area contributed by atoms with Crippen LogP contribution in [-0.2, 0) is 0 Å². The third kappa shape index (κ3) is 3.54. The van der Waals surface area contributed by atoms with Gasteiger partial charge in [-0.05, 0) is 36.3 Å². The predicted molar refractivity (Wildman–Crippen MR) is 131 cm³/mol. The second-order valence-electron chi connectivity index (χ2n) is 8.00. The van der Waals surface area contributed by atoms with Crippen LogP contribution >= 0.6 is 11.3 Å². The fourth-order valence-electron chi connectivity index (χ4n) is 3.97. The van der Waals surface area contributed by atoms with Gasteiger partial charge in [0, 0.05) is 11.1 Å². The third-order valence-corrected chi connectivity index (χ3v) is 6.64. The molecule has 5 aromatic rings. The van der Waals surface area contributed by atoms with Crippen molar-refractivity contribution in [2.75, 3.05) is 0 Å². The second-order valence-corrected chi connectivity index (χ2v) is 9.01. The van der Waals surface area contributed by atoms with E-state index in [0.717, 1.165) is 28.0 Å². The van der Waals surface area contributed by atoms with Crippen molar-refractivity contribution in [3.8, 4) is 17.1 Å². The van der Waals surface area contributed by atoms with E-state index in [0.29, 0.717) is 15.3 Å². The Morgan fingerprint density at radius 3 is 2.52 bits per heavy atom. The van der Waals surface area contributed by atoms with Crippen LogP contribution in [0.25, 0.3) is 28.5 Å². The Morgan fingerprint density at radius 1 is 0.970 bits per heavy atom. The van der Waals surface area contributed by atoms with Crippen LogP contribution in [0.4, 0.5) is 0 Å². The summed E-state index contributed by atoms with van der Waals surface area (Å²) in [5.74, 6) is 1.39. The molecule has 1 unspecified atom stereocenters. The Morgan fingerprint density at radius 2 is 1.73 bits per heavy atom. The molecule has 3 heterocycles. The van der Waals surface area contributed by atoms with E-state index in [4.69, 9.17) is 4.74 Å². The first-order valence-electron chi connectivity index (χ1n) is 10.7. The zero-order valence-corrected chi connectivity index (χ0v) is 18.6. The Kier molecular flexibility index (Phi) is 4.66. The molecular formula is C27H19N3O2S. The van der Waals surface area contributed by atoms with Crippen molar-refractivity contribution in [2.24, 2.45) is 0 Å². The fourth-order valence-corrected chi connectivity index (χ4v) is 4.88. The summed E-state index contributed by atoms with van der Waals surface area (Å²) in [6, 6.07) is 25.9. The van der Waals surface area contributed by atoms with Gasteiger partial charge in [-0.25, -0.2) is 0 Å². The van der Waals surface area contributed by atoms with Crippen molar-refractivity contribution in [2.45, 2.75) is 13.0 Å². The topological polar surface area (TPSA) is 56.5 Å². The van der Waals surface area contributed by atoms with E-state index in [2.05, 4.69) is 16.2 Å². The molecule has 0 N–H and O–H groups in total. The highest BCUT2D eigenvalue weighted by Gasteiger charge is 2.23. The molecule has 160 valence electrons. The van der Waals surface area contributed by atoms with Crippen molar-refractivity contribution < 1.29 is 4.74 Å². The maximum atomic E-state index is 13.2. The molecule has 1 aliphatic rings. The van der Waals surface area contributed by atoms with E-state index >= 15 is 0 Å². The lowest BCUT2D eigenvalue weighted by Crippen LogP contribution is -2.25. The molecule has 5 nitrogen and oxygen atoms in total. The first kappa shape index (κ1) is 19.6. The highest BCUT2D eigenvalue weighted by molar-refractivity contribution is 7.15. The molecule has 0 bridgehead atoms. The van der Waals surface area contributed by atoms with Crippen LogP contribution in [0.1, 0.15) is 22.8 Å². The van der Waals surface area contributed by atoms with E-state index in [1.54, 1.807) is 0 Å². The molecule has 0 radical (unpaired) electrons. The number of hydrogen-bond acceptors (Lipinski definition) is 5. The number of rotatable bonds is 3. The lowest BCUT2D eigenvalue weighted by molar-refractivity contribution is 0.244. The van der Waals surface area contributed by atoms with E-state index in [-0.39, 0.29) is 11.7 Å². The minimum Gasteiger partial charge on any atom is -0.480 e. The molecule has 0 aliphatic carbocycles. The van der Waals surface area contributed by atoms with Gasteiger partial charge in [-0.1, -0.05) is 89.7 Å². The molecule has 0 saturated carbocycles. The van der Waals surface area contributed by atoms with E-state index in [1.807, 2.05) is 91.9 Å². The molecule has 0 saturated heterocycles. The Balaban J connectivity index is 1.46. The van der Waals surface area contributed by atoms with Gasteiger partial charge in [0.25, 0.3) is 5.56 Å². The number of aryl methyl sites for hydroxylation is 1. The molecule has 6 heteroatoms. The lowest BCUT2D eigenvalue weighted by atomic mass is 9.96. The molecule has 0 amide bonds. The minimum atomic E-state index is -0.300. The first-order valence-corrected chi connectivity index (χ1v) is 11.5. The minimum absolute atomic E-state index is 0.174. The van der Waals surface area contributed by atoms with Crippen LogP contribution in [0, 0.1) is 6.92 Å². The number of para-hydroxylation sites is 1.